The van der Waals surface area contributed by atoms with Gasteiger partial charge in [-0.05, 0) is 27.0 Å². The van der Waals surface area contributed by atoms with E-state index < -0.39 is 10.0 Å². The molecule has 0 aliphatic carbocycles. The molecule has 19 heavy (non-hydrogen) atoms. The zero-order chi connectivity index (χ0) is 14.2. The number of aliphatic hydroxyl groups is 1. The average Bonchev–Trinajstić information content (AvgIpc) is 2.84. The molecular formula is C12H20N2O3S2. The summed E-state index contributed by atoms with van der Waals surface area (Å²) >= 11 is 1.28. The summed E-state index contributed by atoms with van der Waals surface area (Å²) in [6.45, 7) is 4.96. The standard InChI is InChI=1S/C12H20N2O3S2/c1-9-5-14(6-10(2)13(9)3)19(16,17)12-4-11(7-15)18-8-12/h4,8-10,15H,5-7H2,1-3H3. The molecule has 1 aromatic heterocycles. The number of nitrogens with zero attached hydrogens (tertiary/aromatic N) is 2. The molecule has 0 radical (unpaired) electrons. The highest BCUT2D eigenvalue weighted by Crippen LogP contribution is 2.25. The van der Waals surface area contributed by atoms with E-state index in [1.165, 1.54) is 11.3 Å². The number of thiophene rings is 1. The minimum absolute atomic E-state index is 0.115. The summed E-state index contributed by atoms with van der Waals surface area (Å²) in [6.07, 6.45) is 0. The first kappa shape index (κ1) is 14.9. The molecule has 1 fully saturated rings. The summed E-state index contributed by atoms with van der Waals surface area (Å²) < 4.78 is 26.6. The fraction of sp³-hybridized carbons (Fsp3) is 0.667. The highest BCUT2D eigenvalue weighted by molar-refractivity contribution is 7.89. The fourth-order valence-corrected chi connectivity index (χ4v) is 5.00. The molecule has 1 aliphatic heterocycles. The minimum atomic E-state index is -3.43. The summed E-state index contributed by atoms with van der Waals surface area (Å²) in [5.74, 6) is 0. The molecule has 0 aromatic carbocycles. The number of likely N-dealkylation sites (N-methyl/N-ethyl adjacent to an activating group) is 1. The van der Waals surface area contributed by atoms with Crippen molar-refractivity contribution in [3.05, 3.63) is 16.3 Å². The van der Waals surface area contributed by atoms with Crippen molar-refractivity contribution in [2.24, 2.45) is 0 Å². The van der Waals surface area contributed by atoms with Gasteiger partial charge in [0.1, 0.15) is 0 Å². The van der Waals surface area contributed by atoms with Crippen molar-refractivity contribution in [3.8, 4) is 0 Å². The number of piperazine rings is 1. The molecule has 2 unspecified atom stereocenters. The molecule has 1 aromatic rings. The molecule has 5 nitrogen and oxygen atoms in total. The first-order valence-corrected chi connectivity index (χ1v) is 8.58. The van der Waals surface area contributed by atoms with Crippen LogP contribution in [0.5, 0.6) is 0 Å². The Morgan fingerprint density at radius 2 is 1.95 bits per heavy atom. The van der Waals surface area contributed by atoms with Crippen LogP contribution in [0.25, 0.3) is 0 Å². The van der Waals surface area contributed by atoms with E-state index in [9.17, 15) is 8.42 Å². The predicted octanol–water partition coefficient (Wildman–Crippen LogP) is 0.954. The molecule has 2 rings (SSSR count). The monoisotopic (exact) mass is 304 g/mol. The molecule has 0 amide bonds. The third-order valence-corrected chi connectivity index (χ3v) is 6.63. The van der Waals surface area contributed by atoms with Crippen molar-refractivity contribution in [2.75, 3.05) is 20.1 Å². The Labute approximate surface area is 118 Å². The summed E-state index contributed by atoms with van der Waals surface area (Å²) in [4.78, 5) is 3.16. The lowest BCUT2D eigenvalue weighted by Crippen LogP contribution is -2.56. The van der Waals surface area contributed by atoms with Crippen LogP contribution in [0.15, 0.2) is 16.3 Å². The maximum Gasteiger partial charge on any atom is 0.244 e. The quantitative estimate of drug-likeness (QED) is 0.903. The molecule has 7 heteroatoms. The van der Waals surface area contributed by atoms with Gasteiger partial charge >= 0.3 is 0 Å². The van der Waals surface area contributed by atoms with E-state index in [1.807, 2.05) is 20.9 Å². The highest BCUT2D eigenvalue weighted by atomic mass is 32.2. The van der Waals surface area contributed by atoms with Gasteiger partial charge in [0.05, 0.1) is 11.5 Å². The Morgan fingerprint density at radius 1 is 1.37 bits per heavy atom. The molecule has 0 saturated carbocycles. The smallest absolute Gasteiger partial charge is 0.244 e. The van der Waals surface area contributed by atoms with Crippen molar-refractivity contribution in [3.63, 3.8) is 0 Å². The lowest BCUT2D eigenvalue weighted by Gasteiger charge is -2.41. The van der Waals surface area contributed by atoms with Crippen LogP contribution in [0.1, 0.15) is 18.7 Å². The van der Waals surface area contributed by atoms with E-state index in [2.05, 4.69) is 4.90 Å². The lowest BCUT2D eigenvalue weighted by atomic mass is 10.1. The highest BCUT2D eigenvalue weighted by Gasteiger charge is 2.34. The van der Waals surface area contributed by atoms with Crippen molar-refractivity contribution >= 4 is 21.4 Å². The van der Waals surface area contributed by atoms with Gasteiger partial charge in [-0.25, -0.2) is 8.42 Å². The number of hydrogen-bond donors (Lipinski definition) is 1. The molecule has 2 atom stereocenters. The van der Waals surface area contributed by atoms with Gasteiger partial charge in [-0.2, -0.15) is 4.31 Å². The van der Waals surface area contributed by atoms with E-state index in [4.69, 9.17) is 5.11 Å². The van der Waals surface area contributed by atoms with Gasteiger partial charge in [0.15, 0.2) is 0 Å². The van der Waals surface area contributed by atoms with E-state index in [1.54, 1.807) is 15.8 Å². The average molecular weight is 304 g/mol. The number of sulfonamides is 1. The maximum absolute atomic E-state index is 12.5. The second-order valence-electron chi connectivity index (χ2n) is 5.09. The van der Waals surface area contributed by atoms with Gasteiger partial charge in [-0.1, -0.05) is 0 Å². The van der Waals surface area contributed by atoms with Crippen LogP contribution in [0.3, 0.4) is 0 Å². The summed E-state index contributed by atoms with van der Waals surface area (Å²) in [6, 6.07) is 1.97. The van der Waals surface area contributed by atoms with E-state index in [-0.39, 0.29) is 18.7 Å². The van der Waals surface area contributed by atoms with Crippen molar-refractivity contribution in [2.45, 2.75) is 37.4 Å². The van der Waals surface area contributed by atoms with E-state index >= 15 is 0 Å². The first-order chi connectivity index (χ1) is 8.86. The Balaban J connectivity index is 2.25. The largest absolute Gasteiger partial charge is 0.391 e. The zero-order valence-electron chi connectivity index (χ0n) is 11.4. The third kappa shape index (κ3) is 2.85. The molecule has 1 saturated heterocycles. The number of hydrogen-bond acceptors (Lipinski definition) is 5. The van der Waals surface area contributed by atoms with Crippen LogP contribution < -0.4 is 0 Å². The Bertz CT molecular complexity index is 529. The maximum atomic E-state index is 12.5. The number of rotatable bonds is 3. The summed E-state index contributed by atoms with van der Waals surface area (Å²) in [7, 11) is -1.41. The molecular weight excluding hydrogens is 284 g/mol. The summed E-state index contributed by atoms with van der Waals surface area (Å²) in [5.41, 5.74) is 0. The van der Waals surface area contributed by atoms with Gasteiger partial charge in [0.25, 0.3) is 0 Å². The Morgan fingerprint density at radius 3 is 2.42 bits per heavy atom. The Hall–Kier alpha value is -0.470. The third-order valence-electron chi connectivity index (χ3n) is 3.75. The number of aliphatic hydroxyl groups excluding tert-OH is 1. The van der Waals surface area contributed by atoms with Crippen LogP contribution >= 0.6 is 11.3 Å². The fourth-order valence-electron chi connectivity index (χ4n) is 2.28. The molecule has 0 bridgehead atoms. The van der Waals surface area contributed by atoms with Crippen LogP contribution in [0.4, 0.5) is 0 Å². The lowest BCUT2D eigenvalue weighted by molar-refractivity contribution is 0.105. The molecule has 0 spiro atoms. The topological polar surface area (TPSA) is 60.9 Å². The molecule has 1 aliphatic rings. The first-order valence-electron chi connectivity index (χ1n) is 6.26. The second kappa shape index (κ2) is 5.49. The normalized spacial score (nSPS) is 26.7. The predicted molar refractivity (Wildman–Crippen MR) is 75.7 cm³/mol. The minimum Gasteiger partial charge on any atom is -0.391 e. The zero-order valence-corrected chi connectivity index (χ0v) is 13.0. The molecule has 1 N–H and O–H groups in total. The SMILES string of the molecule is CC1CN(S(=O)(=O)c2csc(CO)c2)CC(C)N1C. The van der Waals surface area contributed by atoms with E-state index in [0.29, 0.717) is 22.9 Å². The van der Waals surface area contributed by atoms with Crippen LogP contribution in [0, 0.1) is 0 Å². The Kier molecular flexibility index (Phi) is 4.32. The van der Waals surface area contributed by atoms with Gasteiger partial charge in [-0.15, -0.1) is 11.3 Å². The van der Waals surface area contributed by atoms with Gasteiger partial charge < -0.3 is 5.11 Å². The summed E-state index contributed by atoms with van der Waals surface area (Å²) in [5, 5.41) is 10.6. The van der Waals surface area contributed by atoms with Crippen LogP contribution in [0.2, 0.25) is 0 Å². The van der Waals surface area contributed by atoms with Crippen molar-refractivity contribution in [1.29, 1.82) is 0 Å². The van der Waals surface area contributed by atoms with Crippen LogP contribution in [-0.2, 0) is 16.6 Å². The van der Waals surface area contributed by atoms with Gasteiger partial charge in [0, 0.05) is 35.4 Å². The van der Waals surface area contributed by atoms with Gasteiger partial charge in [0.2, 0.25) is 10.0 Å². The van der Waals surface area contributed by atoms with Crippen molar-refractivity contribution in [1.82, 2.24) is 9.21 Å². The van der Waals surface area contributed by atoms with Crippen LogP contribution in [-0.4, -0.2) is 55.0 Å². The van der Waals surface area contributed by atoms with Gasteiger partial charge in [-0.3, -0.25) is 4.90 Å². The second-order valence-corrected chi connectivity index (χ2v) is 8.03. The molecule has 2 heterocycles. The van der Waals surface area contributed by atoms with E-state index in [0.717, 1.165) is 0 Å². The molecule has 108 valence electrons. The van der Waals surface area contributed by atoms with Crippen molar-refractivity contribution < 1.29 is 13.5 Å².